The molecule has 0 saturated carbocycles. The Bertz CT molecular complexity index is 473. The fraction of sp³-hybridized carbons (Fsp3) is 0.588. The van der Waals surface area contributed by atoms with Crippen LogP contribution in [0, 0.1) is 19.8 Å². The number of aryl methyl sites for hydroxylation is 2. The van der Waals surface area contributed by atoms with Crippen molar-refractivity contribution < 1.29 is 15.0 Å². The minimum absolute atomic E-state index is 0.0698. The molecule has 4 nitrogen and oxygen atoms in total. The van der Waals surface area contributed by atoms with Crippen LogP contribution in [0.25, 0.3) is 0 Å². The lowest BCUT2D eigenvalue weighted by molar-refractivity contribution is -0.140. The molecule has 0 aromatic heterocycles. The second-order valence-corrected chi connectivity index (χ2v) is 5.82. The van der Waals surface area contributed by atoms with Crippen molar-refractivity contribution in [2.24, 2.45) is 5.92 Å². The Balaban J connectivity index is 2.58. The van der Waals surface area contributed by atoms with E-state index in [1.165, 1.54) is 0 Å². The monoisotopic (exact) mass is 293 g/mol. The highest BCUT2D eigenvalue weighted by atomic mass is 16.4. The van der Waals surface area contributed by atoms with Crippen molar-refractivity contribution in [3.05, 3.63) is 34.9 Å². The summed E-state index contributed by atoms with van der Waals surface area (Å²) in [6, 6.07) is 5.46. The maximum atomic E-state index is 11.2. The minimum Gasteiger partial charge on any atom is -0.480 e. The SMILES string of the molecule is CCC(C)C(NCCC(O)c1cc(C)ccc1C)C(=O)O. The van der Waals surface area contributed by atoms with Gasteiger partial charge in [0, 0.05) is 0 Å². The first kappa shape index (κ1) is 17.7. The van der Waals surface area contributed by atoms with Gasteiger partial charge in [-0.25, -0.2) is 0 Å². The fourth-order valence-corrected chi connectivity index (χ4v) is 2.42. The third-order valence-corrected chi connectivity index (χ3v) is 4.05. The van der Waals surface area contributed by atoms with Gasteiger partial charge in [0.05, 0.1) is 6.10 Å². The van der Waals surface area contributed by atoms with E-state index in [0.717, 1.165) is 23.1 Å². The Labute approximate surface area is 127 Å². The Hall–Kier alpha value is -1.39. The molecule has 1 rings (SSSR count). The maximum Gasteiger partial charge on any atom is 0.320 e. The van der Waals surface area contributed by atoms with Crippen LogP contribution < -0.4 is 5.32 Å². The van der Waals surface area contributed by atoms with Crippen LogP contribution in [0.2, 0.25) is 0 Å². The van der Waals surface area contributed by atoms with Gasteiger partial charge in [0.2, 0.25) is 0 Å². The average Bonchev–Trinajstić information content (AvgIpc) is 2.44. The highest BCUT2D eigenvalue weighted by molar-refractivity contribution is 5.73. The molecule has 3 N–H and O–H groups in total. The predicted molar refractivity (Wildman–Crippen MR) is 84.4 cm³/mol. The molecule has 118 valence electrons. The van der Waals surface area contributed by atoms with E-state index >= 15 is 0 Å². The van der Waals surface area contributed by atoms with Crippen LogP contribution in [0.15, 0.2) is 18.2 Å². The van der Waals surface area contributed by atoms with Crippen molar-refractivity contribution in [3.8, 4) is 0 Å². The summed E-state index contributed by atoms with van der Waals surface area (Å²) in [6.07, 6.45) is 0.748. The second-order valence-electron chi connectivity index (χ2n) is 5.82. The zero-order chi connectivity index (χ0) is 16.0. The van der Waals surface area contributed by atoms with Gasteiger partial charge in [-0.2, -0.15) is 0 Å². The van der Waals surface area contributed by atoms with Gasteiger partial charge in [0.25, 0.3) is 0 Å². The maximum absolute atomic E-state index is 11.2. The molecule has 0 amide bonds. The van der Waals surface area contributed by atoms with Crippen LogP contribution in [-0.4, -0.2) is 28.8 Å². The molecule has 0 spiro atoms. The van der Waals surface area contributed by atoms with Crippen LogP contribution in [-0.2, 0) is 4.79 Å². The summed E-state index contributed by atoms with van der Waals surface area (Å²) in [4.78, 5) is 11.2. The number of hydrogen-bond donors (Lipinski definition) is 3. The number of aliphatic hydroxyl groups is 1. The van der Waals surface area contributed by atoms with Crippen molar-refractivity contribution in [1.82, 2.24) is 5.32 Å². The first-order chi connectivity index (χ1) is 9.86. The summed E-state index contributed by atoms with van der Waals surface area (Å²) >= 11 is 0. The summed E-state index contributed by atoms with van der Waals surface area (Å²) in [5, 5.41) is 22.5. The predicted octanol–water partition coefficient (Wildman–Crippen LogP) is 2.82. The number of aliphatic hydroxyl groups excluding tert-OH is 1. The molecule has 4 heteroatoms. The van der Waals surface area contributed by atoms with Crippen molar-refractivity contribution in [1.29, 1.82) is 0 Å². The van der Waals surface area contributed by atoms with E-state index in [0.29, 0.717) is 13.0 Å². The lowest BCUT2D eigenvalue weighted by Gasteiger charge is -2.21. The van der Waals surface area contributed by atoms with E-state index < -0.39 is 18.1 Å². The molecule has 3 atom stereocenters. The Morgan fingerprint density at radius 3 is 2.57 bits per heavy atom. The van der Waals surface area contributed by atoms with Gasteiger partial charge in [-0.15, -0.1) is 0 Å². The van der Waals surface area contributed by atoms with Crippen LogP contribution >= 0.6 is 0 Å². The van der Waals surface area contributed by atoms with Crippen LogP contribution in [0.5, 0.6) is 0 Å². The molecule has 3 unspecified atom stereocenters. The number of carboxylic acids is 1. The summed E-state index contributed by atoms with van der Waals surface area (Å²) in [5.41, 5.74) is 3.10. The molecular weight excluding hydrogens is 266 g/mol. The van der Waals surface area contributed by atoms with Gasteiger partial charge in [0.1, 0.15) is 6.04 Å². The van der Waals surface area contributed by atoms with E-state index in [1.807, 2.05) is 45.9 Å². The number of carbonyl (C=O) groups is 1. The Morgan fingerprint density at radius 2 is 2.00 bits per heavy atom. The molecule has 0 bridgehead atoms. The fourth-order valence-electron chi connectivity index (χ4n) is 2.42. The Kier molecular flexibility index (Phi) is 6.85. The number of hydrogen-bond acceptors (Lipinski definition) is 3. The second kappa shape index (κ2) is 8.15. The number of carboxylic acid groups (broad SMARTS) is 1. The lowest BCUT2D eigenvalue weighted by atomic mass is 9.97. The highest BCUT2D eigenvalue weighted by Crippen LogP contribution is 2.21. The van der Waals surface area contributed by atoms with Crippen LogP contribution in [0.1, 0.15) is 49.5 Å². The lowest BCUT2D eigenvalue weighted by Crippen LogP contribution is -2.42. The molecule has 0 heterocycles. The largest absolute Gasteiger partial charge is 0.480 e. The van der Waals surface area contributed by atoms with E-state index in [-0.39, 0.29) is 5.92 Å². The highest BCUT2D eigenvalue weighted by Gasteiger charge is 2.23. The van der Waals surface area contributed by atoms with Gasteiger partial charge in [-0.3, -0.25) is 4.79 Å². The quantitative estimate of drug-likeness (QED) is 0.689. The summed E-state index contributed by atoms with van der Waals surface area (Å²) in [7, 11) is 0. The number of benzene rings is 1. The summed E-state index contributed by atoms with van der Waals surface area (Å²) in [6.45, 7) is 8.36. The first-order valence-electron chi connectivity index (χ1n) is 7.58. The van der Waals surface area contributed by atoms with Crippen molar-refractivity contribution in [2.45, 2.75) is 52.7 Å². The van der Waals surface area contributed by atoms with Gasteiger partial charge >= 0.3 is 5.97 Å². The number of nitrogens with one attached hydrogen (secondary N) is 1. The van der Waals surface area contributed by atoms with Gasteiger partial charge in [-0.05, 0) is 43.9 Å². The van der Waals surface area contributed by atoms with Crippen LogP contribution in [0.3, 0.4) is 0 Å². The molecule has 0 saturated heterocycles. The van der Waals surface area contributed by atoms with E-state index in [1.54, 1.807) is 0 Å². The molecule has 0 aliphatic rings. The third kappa shape index (κ3) is 5.14. The molecule has 0 aliphatic heterocycles. The summed E-state index contributed by atoms with van der Waals surface area (Å²) < 4.78 is 0. The van der Waals surface area contributed by atoms with Crippen LogP contribution in [0.4, 0.5) is 0 Å². The molecule has 0 radical (unpaired) electrons. The zero-order valence-electron chi connectivity index (χ0n) is 13.4. The summed E-state index contributed by atoms with van der Waals surface area (Å²) in [5.74, 6) is -0.758. The van der Waals surface area contributed by atoms with Gasteiger partial charge < -0.3 is 15.5 Å². The minimum atomic E-state index is -0.828. The first-order valence-corrected chi connectivity index (χ1v) is 7.58. The standard InChI is InChI=1S/C17H27NO3/c1-5-12(3)16(17(20)21)18-9-8-15(19)14-10-11(2)6-7-13(14)4/h6-7,10,12,15-16,18-19H,5,8-9H2,1-4H3,(H,20,21). The smallest absolute Gasteiger partial charge is 0.320 e. The van der Waals surface area contributed by atoms with Crippen molar-refractivity contribution >= 4 is 5.97 Å². The molecule has 0 aliphatic carbocycles. The molecular formula is C17H27NO3. The van der Waals surface area contributed by atoms with Crippen molar-refractivity contribution in [2.75, 3.05) is 6.54 Å². The molecule has 0 fully saturated rings. The number of aliphatic carboxylic acids is 1. The van der Waals surface area contributed by atoms with Gasteiger partial charge in [0.15, 0.2) is 0 Å². The average molecular weight is 293 g/mol. The van der Waals surface area contributed by atoms with Gasteiger partial charge in [-0.1, -0.05) is 44.0 Å². The normalized spacial score (nSPS) is 15.5. The molecule has 21 heavy (non-hydrogen) atoms. The number of rotatable bonds is 8. The van der Waals surface area contributed by atoms with E-state index in [4.69, 9.17) is 0 Å². The van der Waals surface area contributed by atoms with E-state index in [9.17, 15) is 15.0 Å². The Morgan fingerprint density at radius 1 is 1.33 bits per heavy atom. The topological polar surface area (TPSA) is 69.6 Å². The zero-order valence-corrected chi connectivity index (χ0v) is 13.4. The third-order valence-electron chi connectivity index (χ3n) is 4.05. The molecule has 1 aromatic carbocycles. The molecule has 1 aromatic rings. The van der Waals surface area contributed by atoms with E-state index in [2.05, 4.69) is 5.32 Å². The van der Waals surface area contributed by atoms with Crippen molar-refractivity contribution in [3.63, 3.8) is 0 Å².